The fourth-order valence-electron chi connectivity index (χ4n) is 3.18. The zero-order valence-electron chi connectivity index (χ0n) is 15.9. The summed E-state index contributed by atoms with van der Waals surface area (Å²) < 4.78 is 12.1. The SMILES string of the molecule is CCOC.O=Cc1[nH]c2c(Cl)c(Cl)ccc2c1-c1cnn(C2CCCCO2)c1. The van der Waals surface area contributed by atoms with Crippen LogP contribution in [0.2, 0.25) is 10.0 Å². The maximum Gasteiger partial charge on any atom is 0.166 e. The van der Waals surface area contributed by atoms with Crippen molar-refractivity contribution in [2.75, 3.05) is 20.3 Å². The lowest BCUT2D eigenvalue weighted by molar-refractivity contribution is -0.0394. The highest BCUT2D eigenvalue weighted by molar-refractivity contribution is 6.45. The normalized spacial score (nSPS) is 16.6. The first-order chi connectivity index (χ1) is 13.6. The zero-order valence-corrected chi connectivity index (χ0v) is 17.4. The summed E-state index contributed by atoms with van der Waals surface area (Å²) in [6, 6.07) is 3.59. The Bertz CT molecular complexity index is 944. The number of aldehydes is 1. The third kappa shape index (κ3) is 4.25. The Balaban J connectivity index is 0.000000516. The number of nitrogens with one attached hydrogen (secondary N) is 1. The fraction of sp³-hybridized carbons (Fsp3) is 0.400. The highest BCUT2D eigenvalue weighted by Crippen LogP contribution is 2.38. The molecule has 1 aromatic carbocycles. The van der Waals surface area contributed by atoms with Crippen LogP contribution in [0.15, 0.2) is 24.5 Å². The first-order valence-electron chi connectivity index (χ1n) is 9.20. The van der Waals surface area contributed by atoms with Crippen LogP contribution in [0.5, 0.6) is 0 Å². The molecule has 1 saturated heterocycles. The van der Waals surface area contributed by atoms with E-state index in [1.54, 1.807) is 19.4 Å². The molecule has 28 heavy (non-hydrogen) atoms. The summed E-state index contributed by atoms with van der Waals surface area (Å²) in [5.74, 6) is 0. The van der Waals surface area contributed by atoms with Crippen LogP contribution in [0.1, 0.15) is 42.9 Å². The number of benzene rings is 1. The Hall–Kier alpha value is -1.86. The van der Waals surface area contributed by atoms with Crippen LogP contribution in [-0.4, -0.2) is 41.4 Å². The van der Waals surface area contributed by atoms with Gasteiger partial charge in [-0.2, -0.15) is 5.10 Å². The van der Waals surface area contributed by atoms with E-state index < -0.39 is 0 Å². The van der Waals surface area contributed by atoms with Gasteiger partial charge in [-0.1, -0.05) is 29.3 Å². The third-order valence-electron chi connectivity index (χ3n) is 4.64. The number of carbonyl (C=O) groups is 1. The maximum atomic E-state index is 11.5. The van der Waals surface area contributed by atoms with Gasteiger partial charge in [0.05, 0.1) is 27.5 Å². The highest BCUT2D eigenvalue weighted by Gasteiger charge is 2.20. The van der Waals surface area contributed by atoms with Crippen molar-refractivity contribution in [3.05, 3.63) is 40.3 Å². The van der Waals surface area contributed by atoms with Crippen molar-refractivity contribution in [2.45, 2.75) is 32.4 Å². The van der Waals surface area contributed by atoms with Gasteiger partial charge in [0.15, 0.2) is 6.29 Å². The summed E-state index contributed by atoms with van der Waals surface area (Å²) in [5.41, 5.74) is 2.73. The highest BCUT2D eigenvalue weighted by atomic mass is 35.5. The number of H-pyrrole nitrogens is 1. The molecule has 0 bridgehead atoms. The molecule has 1 aliphatic heterocycles. The zero-order chi connectivity index (χ0) is 20.1. The van der Waals surface area contributed by atoms with Crippen molar-refractivity contribution < 1.29 is 14.3 Å². The first-order valence-corrected chi connectivity index (χ1v) is 9.96. The summed E-state index contributed by atoms with van der Waals surface area (Å²) in [7, 11) is 1.68. The van der Waals surface area contributed by atoms with Crippen LogP contribution in [0, 0.1) is 0 Å². The van der Waals surface area contributed by atoms with E-state index in [0.29, 0.717) is 21.3 Å². The van der Waals surface area contributed by atoms with Crippen LogP contribution in [0.25, 0.3) is 22.0 Å². The van der Waals surface area contributed by atoms with Gasteiger partial charge in [0, 0.05) is 43.0 Å². The number of aromatic amines is 1. The van der Waals surface area contributed by atoms with Gasteiger partial charge in [-0.15, -0.1) is 0 Å². The number of ether oxygens (including phenoxy) is 2. The fourth-order valence-corrected chi connectivity index (χ4v) is 3.55. The van der Waals surface area contributed by atoms with Gasteiger partial charge in [-0.05, 0) is 32.3 Å². The minimum Gasteiger partial charge on any atom is -0.385 e. The molecule has 4 rings (SSSR count). The molecule has 2 aromatic heterocycles. The molecule has 0 spiro atoms. The molecule has 1 atom stereocenters. The van der Waals surface area contributed by atoms with Gasteiger partial charge >= 0.3 is 0 Å². The van der Waals surface area contributed by atoms with Crippen LogP contribution in [0.4, 0.5) is 0 Å². The minimum absolute atomic E-state index is 0.0459. The van der Waals surface area contributed by atoms with E-state index in [1.807, 2.05) is 23.9 Å². The van der Waals surface area contributed by atoms with Crippen molar-refractivity contribution in [3.8, 4) is 11.1 Å². The van der Waals surface area contributed by atoms with Crippen LogP contribution >= 0.6 is 23.2 Å². The van der Waals surface area contributed by atoms with Crippen molar-refractivity contribution >= 4 is 40.4 Å². The summed E-state index contributed by atoms with van der Waals surface area (Å²) >= 11 is 12.3. The number of nitrogens with zero attached hydrogens (tertiary/aromatic N) is 2. The van der Waals surface area contributed by atoms with E-state index in [0.717, 1.165) is 55.3 Å². The third-order valence-corrected chi connectivity index (χ3v) is 5.44. The van der Waals surface area contributed by atoms with Gasteiger partial charge in [0.2, 0.25) is 0 Å². The average Bonchev–Trinajstić information content (AvgIpc) is 3.36. The molecule has 3 aromatic rings. The summed E-state index contributed by atoms with van der Waals surface area (Å²) in [4.78, 5) is 14.6. The predicted octanol–water partition coefficient (Wildman–Crippen LogP) is 5.50. The molecule has 1 N–H and O–H groups in total. The number of halogens is 2. The Labute approximate surface area is 173 Å². The van der Waals surface area contributed by atoms with Gasteiger partial charge in [-0.25, -0.2) is 4.68 Å². The standard InChI is InChI=1S/C17H15Cl2N3O2.C3H8O/c18-12-5-4-11-15(13(9-23)21-17(11)16(12)19)10-7-20-22(8-10)14-3-1-2-6-24-14;1-3-4-2/h4-5,7-9,14,21H,1-3,6H2;3H2,1-2H3. The Morgan fingerprint density at radius 2 is 2.18 bits per heavy atom. The second-order valence-corrected chi connectivity index (χ2v) is 7.21. The van der Waals surface area contributed by atoms with Gasteiger partial charge in [-0.3, -0.25) is 4.79 Å². The van der Waals surface area contributed by atoms with Gasteiger partial charge < -0.3 is 14.5 Å². The van der Waals surface area contributed by atoms with E-state index >= 15 is 0 Å². The lowest BCUT2D eigenvalue weighted by Crippen LogP contribution is -2.18. The summed E-state index contributed by atoms with van der Waals surface area (Å²) in [6.45, 7) is 3.53. The number of hydrogen-bond acceptors (Lipinski definition) is 4. The molecule has 3 heterocycles. The lowest BCUT2D eigenvalue weighted by atomic mass is 10.1. The number of methoxy groups -OCH3 is 1. The lowest BCUT2D eigenvalue weighted by Gasteiger charge is -2.22. The number of aromatic nitrogens is 3. The predicted molar refractivity (Wildman–Crippen MR) is 111 cm³/mol. The van der Waals surface area contributed by atoms with E-state index in [9.17, 15) is 4.79 Å². The largest absolute Gasteiger partial charge is 0.385 e. The number of fused-ring (bicyclic) bond motifs is 1. The van der Waals surface area contributed by atoms with Crippen LogP contribution < -0.4 is 0 Å². The van der Waals surface area contributed by atoms with E-state index in [4.69, 9.17) is 27.9 Å². The summed E-state index contributed by atoms with van der Waals surface area (Å²) in [6.07, 6.45) is 7.55. The molecule has 150 valence electrons. The number of rotatable bonds is 4. The van der Waals surface area contributed by atoms with E-state index in [2.05, 4.69) is 14.8 Å². The molecule has 1 unspecified atom stereocenters. The maximum absolute atomic E-state index is 11.5. The quantitative estimate of drug-likeness (QED) is 0.562. The minimum atomic E-state index is -0.0459. The molecule has 6 nitrogen and oxygen atoms in total. The smallest absolute Gasteiger partial charge is 0.166 e. The number of hydrogen-bond donors (Lipinski definition) is 1. The number of carbonyl (C=O) groups excluding carboxylic acids is 1. The van der Waals surface area contributed by atoms with E-state index in [-0.39, 0.29) is 6.23 Å². The molecule has 8 heteroatoms. The Morgan fingerprint density at radius 3 is 2.82 bits per heavy atom. The molecule has 0 saturated carbocycles. The molecule has 0 amide bonds. The molecule has 0 radical (unpaired) electrons. The average molecular weight is 424 g/mol. The second-order valence-electron chi connectivity index (χ2n) is 6.42. The summed E-state index contributed by atoms with van der Waals surface area (Å²) in [5, 5.41) is 6.12. The van der Waals surface area contributed by atoms with Crippen molar-refractivity contribution in [3.63, 3.8) is 0 Å². The van der Waals surface area contributed by atoms with Gasteiger partial charge in [0.1, 0.15) is 6.23 Å². The monoisotopic (exact) mass is 423 g/mol. The molecule has 1 fully saturated rings. The van der Waals surface area contributed by atoms with Gasteiger partial charge in [0.25, 0.3) is 0 Å². The Kier molecular flexibility index (Phi) is 7.13. The van der Waals surface area contributed by atoms with Crippen LogP contribution in [0.3, 0.4) is 0 Å². The van der Waals surface area contributed by atoms with Crippen molar-refractivity contribution in [1.82, 2.24) is 14.8 Å². The molecule has 0 aliphatic carbocycles. The van der Waals surface area contributed by atoms with Crippen molar-refractivity contribution in [2.24, 2.45) is 0 Å². The van der Waals surface area contributed by atoms with Crippen molar-refractivity contribution in [1.29, 1.82) is 0 Å². The molecular formula is C20H23Cl2N3O3. The first kappa shape index (κ1) is 20.9. The van der Waals surface area contributed by atoms with Crippen LogP contribution in [-0.2, 0) is 9.47 Å². The second kappa shape index (κ2) is 9.56. The molecular weight excluding hydrogens is 401 g/mol. The van der Waals surface area contributed by atoms with E-state index in [1.165, 1.54) is 0 Å². The topological polar surface area (TPSA) is 69.1 Å². The Morgan fingerprint density at radius 1 is 1.39 bits per heavy atom. The molecule has 1 aliphatic rings.